The van der Waals surface area contributed by atoms with E-state index in [0.29, 0.717) is 31.1 Å². The second-order valence-electron chi connectivity index (χ2n) is 6.54. The van der Waals surface area contributed by atoms with Crippen molar-refractivity contribution in [2.75, 3.05) is 13.2 Å². The van der Waals surface area contributed by atoms with Gasteiger partial charge in [-0.1, -0.05) is 6.07 Å². The molecule has 24 heavy (non-hydrogen) atoms. The Morgan fingerprint density at radius 2 is 2.21 bits per heavy atom. The van der Waals surface area contributed by atoms with Gasteiger partial charge in [0.15, 0.2) is 0 Å². The lowest BCUT2D eigenvalue weighted by molar-refractivity contribution is -0.154. The molecule has 2 heterocycles. The summed E-state index contributed by atoms with van der Waals surface area (Å²) in [6, 6.07) is 4.81. The van der Waals surface area contributed by atoms with E-state index >= 15 is 0 Å². The molecule has 2 aliphatic heterocycles. The second-order valence-corrected chi connectivity index (χ2v) is 6.54. The van der Waals surface area contributed by atoms with E-state index in [1.165, 1.54) is 0 Å². The van der Waals surface area contributed by atoms with Crippen LogP contribution >= 0.6 is 0 Å². The molecule has 2 amide bonds. The highest BCUT2D eigenvalue weighted by Crippen LogP contribution is 2.32. The molecule has 1 fully saturated rings. The molecule has 0 aromatic heterocycles. The van der Waals surface area contributed by atoms with E-state index in [0.717, 1.165) is 18.4 Å². The Balaban J connectivity index is 1.87. The van der Waals surface area contributed by atoms with Crippen LogP contribution in [0.4, 0.5) is 0 Å². The molecule has 7 heteroatoms. The average Bonchev–Trinajstić information content (AvgIpc) is 2.97. The van der Waals surface area contributed by atoms with Gasteiger partial charge in [0.25, 0.3) is 11.8 Å². The summed E-state index contributed by atoms with van der Waals surface area (Å²) >= 11 is 0. The van der Waals surface area contributed by atoms with Crippen LogP contribution in [0.5, 0.6) is 5.75 Å². The van der Waals surface area contributed by atoms with Crippen molar-refractivity contribution in [1.82, 2.24) is 10.4 Å². The average molecular weight is 334 g/mol. The predicted octanol–water partition coefficient (Wildman–Crippen LogP) is 1.48. The van der Waals surface area contributed by atoms with Gasteiger partial charge in [-0.3, -0.25) is 14.8 Å². The number of rotatable bonds is 2. The second kappa shape index (κ2) is 6.41. The molecule has 3 rings (SSSR count). The molecule has 0 spiro atoms. The minimum atomic E-state index is -0.768. The van der Waals surface area contributed by atoms with Crippen molar-refractivity contribution in [2.24, 2.45) is 0 Å². The standard InChI is InChI=1S/C17H22N2O5/c1-11-10-23-14-8-12(15(20)18-22)4-5-13(14)9-19(11)16(21)17(2)6-3-7-24-17/h4-5,8,11,22H,3,6-7,9-10H2,1-2H3,(H,18,20). The number of fused-ring (bicyclic) bond motifs is 1. The molecule has 2 atom stereocenters. The molecule has 2 aliphatic rings. The fourth-order valence-electron chi connectivity index (χ4n) is 3.19. The number of benzene rings is 1. The summed E-state index contributed by atoms with van der Waals surface area (Å²) in [5, 5.41) is 8.75. The number of amides is 2. The van der Waals surface area contributed by atoms with Gasteiger partial charge >= 0.3 is 0 Å². The van der Waals surface area contributed by atoms with Crippen molar-refractivity contribution in [3.63, 3.8) is 0 Å². The number of nitrogens with one attached hydrogen (secondary N) is 1. The van der Waals surface area contributed by atoms with E-state index in [2.05, 4.69) is 0 Å². The van der Waals surface area contributed by atoms with Crippen LogP contribution in [0.15, 0.2) is 18.2 Å². The van der Waals surface area contributed by atoms with Crippen molar-refractivity contribution in [1.29, 1.82) is 0 Å². The Bertz CT molecular complexity index is 654. The number of hydrogen-bond acceptors (Lipinski definition) is 5. The number of ether oxygens (including phenoxy) is 2. The van der Waals surface area contributed by atoms with E-state index < -0.39 is 11.5 Å². The third kappa shape index (κ3) is 2.97. The van der Waals surface area contributed by atoms with Gasteiger partial charge in [0.05, 0.1) is 6.04 Å². The first-order valence-electron chi connectivity index (χ1n) is 8.10. The minimum absolute atomic E-state index is 0.0267. The summed E-state index contributed by atoms with van der Waals surface area (Å²) in [7, 11) is 0. The first-order chi connectivity index (χ1) is 11.4. The zero-order chi connectivity index (χ0) is 17.3. The Kier molecular flexibility index (Phi) is 4.47. The highest BCUT2D eigenvalue weighted by Gasteiger charge is 2.42. The molecule has 0 saturated carbocycles. The lowest BCUT2D eigenvalue weighted by Crippen LogP contribution is -2.50. The molecule has 1 aromatic carbocycles. The number of carbonyl (C=O) groups excluding carboxylic acids is 2. The molecule has 2 N–H and O–H groups in total. The number of carbonyl (C=O) groups is 2. The van der Waals surface area contributed by atoms with Crippen LogP contribution in [0.2, 0.25) is 0 Å². The van der Waals surface area contributed by atoms with Gasteiger partial charge in [0.1, 0.15) is 18.0 Å². The summed E-state index contributed by atoms with van der Waals surface area (Å²) in [4.78, 5) is 26.3. The molecular formula is C17H22N2O5. The summed E-state index contributed by atoms with van der Waals surface area (Å²) in [5.74, 6) is -0.0737. The van der Waals surface area contributed by atoms with Crippen molar-refractivity contribution in [2.45, 2.75) is 44.9 Å². The van der Waals surface area contributed by atoms with E-state index in [1.807, 2.05) is 13.8 Å². The van der Waals surface area contributed by atoms with Crippen molar-refractivity contribution >= 4 is 11.8 Å². The normalized spacial score (nSPS) is 26.3. The van der Waals surface area contributed by atoms with Gasteiger partial charge in [-0.2, -0.15) is 0 Å². The monoisotopic (exact) mass is 334 g/mol. The predicted molar refractivity (Wildman–Crippen MR) is 84.8 cm³/mol. The quantitative estimate of drug-likeness (QED) is 0.632. The molecule has 0 aliphatic carbocycles. The maximum absolute atomic E-state index is 13.0. The lowest BCUT2D eigenvalue weighted by atomic mass is 9.99. The van der Waals surface area contributed by atoms with E-state index in [4.69, 9.17) is 14.7 Å². The molecule has 0 bridgehead atoms. The van der Waals surface area contributed by atoms with E-state index in [-0.39, 0.29) is 11.9 Å². The van der Waals surface area contributed by atoms with Crippen LogP contribution < -0.4 is 10.2 Å². The first kappa shape index (κ1) is 16.7. The summed E-state index contributed by atoms with van der Waals surface area (Å²) in [6.45, 7) is 5.12. The van der Waals surface area contributed by atoms with Crippen LogP contribution in [0.3, 0.4) is 0 Å². The zero-order valence-electron chi connectivity index (χ0n) is 13.9. The van der Waals surface area contributed by atoms with Crippen LogP contribution in [0.25, 0.3) is 0 Å². The largest absolute Gasteiger partial charge is 0.491 e. The maximum Gasteiger partial charge on any atom is 0.274 e. The van der Waals surface area contributed by atoms with Crippen LogP contribution in [-0.4, -0.2) is 46.8 Å². The molecule has 7 nitrogen and oxygen atoms in total. The lowest BCUT2D eigenvalue weighted by Gasteiger charge is -2.33. The van der Waals surface area contributed by atoms with E-state index in [9.17, 15) is 9.59 Å². The topological polar surface area (TPSA) is 88.1 Å². The van der Waals surface area contributed by atoms with Crippen LogP contribution in [-0.2, 0) is 16.1 Å². The molecule has 130 valence electrons. The number of hydroxylamine groups is 1. The third-order valence-electron chi connectivity index (χ3n) is 4.72. The van der Waals surface area contributed by atoms with Gasteiger partial charge in [-0.05, 0) is 38.8 Å². The maximum atomic E-state index is 13.0. The fourth-order valence-corrected chi connectivity index (χ4v) is 3.19. The van der Waals surface area contributed by atoms with Gasteiger partial charge in [0.2, 0.25) is 0 Å². The highest BCUT2D eigenvalue weighted by atomic mass is 16.5. The van der Waals surface area contributed by atoms with Crippen molar-refractivity contribution in [3.8, 4) is 5.75 Å². The zero-order valence-corrected chi connectivity index (χ0v) is 13.9. The molecule has 1 saturated heterocycles. The summed E-state index contributed by atoms with van der Waals surface area (Å²) < 4.78 is 11.5. The third-order valence-corrected chi connectivity index (χ3v) is 4.72. The molecule has 0 radical (unpaired) electrons. The van der Waals surface area contributed by atoms with Gasteiger partial charge in [0, 0.05) is 24.3 Å². The Morgan fingerprint density at radius 1 is 1.42 bits per heavy atom. The molecular weight excluding hydrogens is 312 g/mol. The minimum Gasteiger partial charge on any atom is -0.491 e. The van der Waals surface area contributed by atoms with Crippen LogP contribution in [0, 0.1) is 0 Å². The smallest absolute Gasteiger partial charge is 0.274 e. The van der Waals surface area contributed by atoms with Gasteiger partial charge in [-0.25, -0.2) is 5.48 Å². The Labute approximate surface area is 140 Å². The van der Waals surface area contributed by atoms with Crippen molar-refractivity contribution < 1.29 is 24.3 Å². The molecule has 2 unspecified atom stereocenters. The van der Waals surface area contributed by atoms with E-state index in [1.54, 1.807) is 28.6 Å². The first-order valence-corrected chi connectivity index (χ1v) is 8.10. The Morgan fingerprint density at radius 3 is 2.88 bits per heavy atom. The van der Waals surface area contributed by atoms with Gasteiger partial charge < -0.3 is 14.4 Å². The van der Waals surface area contributed by atoms with Gasteiger partial charge in [-0.15, -0.1) is 0 Å². The summed E-state index contributed by atoms with van der Waals surface area (Å²) in [6.07, 6.45) is 1.61. The SMILES string of the molecule is CC1COc2cc(C(=O)NO)ccc2CN1C(=O)C1(C)CCCO1. The van der Waals surface area contributed by atoms with Crippen molar-refractivity contribution in [3.05, 3.63) is 29.3 Å². The Hall–Kier alpha value is -2.12. The summed E-state index contributed by atoms with van der Waals surface area (Å²) in [5.41, 5.74) is 1.96. The highest BCUT2D eigenvalue weighted by molar-refractivity contribution is 5.94. The fraction of sp³-hybridized carbons (Fsp3) is 0.529. The number of nitrogens with zero attached hydrogens (tertiary/aromatic N) is 1. The molecule has 1 aromatic rings. The van der Waals surface area contributed by atoms with Crippen LogP contribution in [0.1, 0.15) is 42.6 Å². The number of hydrogen-bond donors (Lipinski definition) is 2.